The topological polar surface area (TPSA) is 42.1 Å². The van der Waals surface area contributed by atoms with Crippen molar-refractivity contribution < 1.29 is 0 Å². The van der Waals surface area contributed by atoms with Crippen molar-refractivity contribution >= 4 is 27.4 Å². The van der Waals surface area contributed by atoms with Gasteiger partial charge in [0, 0.05) is 25.9 Å². The number of rotatable bonds is 3. The fraction of sp³-hybridized carbons (Fsp3) is 0.444. The maximum atomic E-state index is 5.60. The van der Waals surface area contributed by atoms with E-state index in [1.165, 1.54) is 0 Å². The van der Waals surface area contributed by atoms with Gasteiger partial charge in [-0.3, -0.25) is 0 Å². The highest BCUT2D eigenvalue weighted by Gasteiger charge is 2.05. The predicted octanol–water partition coefficient (Wildman–Crippen LogP) is 2.27. The van der Waals surface area contributed by atoms with E-state index in [0.29, 0.717) is 5.82 Å². The van der Waals surface area contributed by atoms with Crippen LogP contribution in [0.2, 0.25) is 0 Å². The minimum atomic E-state index is 0.557. The Morgan fingerprint density at radius 2 is 2.31 bits per heavy atom. The molecule has 0 radical (unpaired) electrons. The van der Waals surface area contributed by atoms with Gasteiger partial charge in [0.2, 0.25) is 0 Å². The van der Waals surface area contributed by atoms with Gasteiger partial charge >= 0.3 is 0 Å². The maximum absolute atomic E-state index is 5.60. The van der Waals surface area contributed by atoms with E-state index < -0.39 is 0 Å². The highest BCUT2D eigenvalue weighted by molar-refractivity contribution is 9.10. The lowest BCUT2D eigenvalue weighted by molar-refractivity contribution is 0.849. The third-order valence-electron chi connectivity index (χ3n) is 1.83. The summed E-state index contributed by atoms with van der Waals surface area (Å²) in [6.45, 7) is 3.16. The van der Waals surface area contributed by atoms with Gasteiger partial charge in [-0.1, -0.05) is 6.92 Å². The number of nitrogens with two attached hydrogens (primary N) is 1. The molecule has 0 aliphatic heterocycles. The lowest BCUT2D eigenvalue weighted by atomic mass is 10.3. The molecule has 0 aromatic carbocycles. The van der Waals surface area contributed by atoms with Gasteiger partial charge in [-0.25, -0.2) is 4.98 Å². The Morgan fingerprint density at radius 3 is 2.92 bits per heavy atom. The molecule has 0 fully saturated rings. The number of nitrogen functional groups attached to an aromatic ring is 1. The Hall–Kier alpha value is -0.770. The number of halogens is 1. The molecule has 4 heteroatoms. The van der Waals surface area contributed by atoms with E-state index in [9.17, 15) is 0 Å². The lowest BCUT2D eigenvalue weighted by Gasteiger charge is -2.19. The molecule has 0 saturated carbocycles. The summed E-state index contributed by atoms with van der Waals surface area (Å²) in [5, 5.41) is 0. The fourth-order valence-electron chi connectivity index (χ4n) is 1.19. The first-order chi connectivity index (χ1) is 6.15. The molecule has 0 spiro atoms. The Morgan fingerprint density at radius 1 is 1.62 bits per heavy atom. The number of hydrogen-bond donors (Lipinski definition) is 1. The van der Waals surface area contributed by atoms with Crippen LogP contribution in [0.25, 0.3) is 0 Å². The van der Waals surface area contributed by atoms with Crippen LogP contribution in [0, 0.1) is 0 Å². The molecule has 2 N–H and O–H groups in total. The molecule has 1 aromatic heterocycles. The molecular weight excluding hydrogens is 230 g/mol. The number of hydrogen-bond acceptors (Lipinski definition) is 3. The molecule has 1 heterocycles. The van der Waals surface area contributed by atoms with Crippen molar-refractivity contribution in [3.8, 4) is 0 Å². The van der Waals surface area contributed by atoms with Gasteiger partial charge in [0.05, 0.1) is 10.2 Å². The van der Waals surface area contributed by atoms with Crippen molar-refractivity contribution in [2.24, 2.45) is 0 Å². The third-order valence-corrected chi connectivity index (χ3v) is 2.44. The van der Waals surface area contributed by atoms with Crippen LogP contribution in [0.4, 0.5) is 11.5 Å². The molecule has 1 aromatic rings. The largest absolute Gasteiger partial charge is 0.384 e. The van der Waals surface area contributed by atoms with Crippen LogP contribution in [0.1, 0.15) is 13.3 Å². The van der Waals surface area contributed by atoms with Crippen LogP contribution in [0.5, 0.6) is 0 Å². The van der Waals surface area contributed by atoms with E-state index in [-0.39, 0.29) is 0 Å². The zero-order valence-electron chi connectivity index (χ0n) is 7.92. The summed E-state index contributed by atoms with van der Waals surface area (Å²) in [5.74, 6) is 0.557. The monoisotopic (exact) mass is 243 g/mol. The third kappa shape index (κ3) is 2.59. The second-order valence-electron chi connectivity index (χ2n) is 2.98. The SMILES string of the molecule is CCCN(C)c1cc(N)ncc1Br. The Labute approximate surface area is 87.1 Å². The van der Waals surface area contributed by atoms with Gasteiger partial charge in [0.15, 0.2) is 0 Å². The maximum Gasteiger partial charge on any atom is 0.125 e. The second-order valence-corrected chi connectivity index (χ2v) is 3.84. The minimum Gasteiger partial charge on any atom is -0.384 e. The van der Waals surface area contributed by atoms with Crippen molar-refractivity contribution in [3.05, 3.63) is 16.7 Å². The summed E-state index contributed by atoms with van der Waals surface area (Å²) in [7, 11) is 2.04. The van der Waals surface area contributed by atoms with Crippen molar-refractivity contribution in [2.75, 3.05) is 24.2 Å². The highest BCUT2D eigenvalue weighted by atomic mass is 79.9. The average Bonchev–Trinajstić information content (AvgIpc) is 2.09. The van der Waals surface area contributed by atoms with Crippen LogP contribution in [-0.4, -0.2) is 18.6 Å². The normalized spacial score (nSPS) is 10.1. The molecule has 72 valence electrons. The van der Waals surface area contributed by atoms with E-state index in [2.05, 4.69) is 32.7 Å². The average molecular weight is 244 g/mol. The van der Waals surface area contributed by atoms with E-state index in [0.717, 1.165) is 23.1 Å². The van der Waals surface area contributed by atoms with Crippen LogP contribution in [-0.2, 0) is 0 Å². The molecular formula is C9H14BrN3. The molecule has 13 heavy (non-hydrogen) atoms. The fourth-order valence-corrected chi connectivity index (χ4v) is 1.71. The summed E-state index contributed by atoms with van der Waals surface area (Å²) in [5.41, 5.74) is 6.69. The molecule has 0 aliphatic rings. The first-order valence-corrected chi connectivity index (χ1v) is 5.06. The first kappa shape index (κ1) is 10.3. The van der Waals surface area contributed by atoms with Gasteiger partial charge in [-0.15, -0.1) is 0 Å². The minimum absolute atomic E-state index is 0.557. The van der Waals surface area contributed by atoms with Crippen LogP contribution in [0.15, 0.2) is 16.7 Å². The zero-order chi connectivity index (χ0) is 9.84. The van der Waals surface area contributed by atoms with Gasteiger partial charge in [-0.05, 0) is 22.4 Å². The first-order valence-electron chi connectivity index (χ1n) is 4.27. The molecule has 0 aliphatic carbocycles. The predicted molar refractivity (Wildman–Crippen MR) is 59.9 cm³/mol. The summed E-state index contributed by atoms with van der Waals surface area (Å²) >= 11 is 3.44. The second kappa shape index (κ2) is 4.46. The lowest BCUT2D eigenvalue weighted by Crippen LogP contribution is -2.18. The smallest absolute Gasteiger partial charge is 0.125 e. The molecule has 0 unspecified atom stereocenters. The Balaban J connectivity index is 2.91. The van der Waals surface area contributed by atoms with Crippen molar-refractivity contribution in [1.82, 2.24) is 4.98 Å². The Bertz CT molecular complexity index is 288. The number of nitrogens with zero attached hydrogens (tertiary/aromatic N) is 2. The number of aromatic nitrogens is 1. The van der Waals surface area contributed by atoms with Crippen LogP contribution in [0.3, 0.4) is 0 Å². The van der Waals surface area contributed by atoms with Crippen molar-refractivity contribution in [2.45, 2.75) is 13.3 Å². The number of pyridine rings is 1. The van der Waals surface area contributed by atoms with E-state index >= 15 is 0 Å². The van der Waals surface area contributed by atoms with Gasteiger partial charge < -0.3 is 10.6 Å². The molecule has 1 rings (SSSR count). The summed E-state index contributed by atoms with van der Waals surface area (Å²) in [6.07, 6.45) is 2.85. The summed E-state index contributed by atoms with van der Waals surface area (Å²) < 4.78 is 0.984. The van der Waals surface area contributed by atoms with E-state index in [1.54, 1.807) is 6.20 Å². The van der Waals surface area contributed by atoms with Crippen molar-refractivity contribution in [1.29, 1.82) is 0 Å². The van der Waals surface area contributed by atoms with E-state index in [1.807, 2.05) is 13.1 Å². The molecule has 3 nitrogen and oxygen atoms in total. The highest BCUT2D eigenvalue weighted by Crippen LogP contribution is 2.25. The van der Waals surface area contributed by atoms with Crippen LogP contribution < -0.4 is 10.6 Å². The Kier molecular flexibility index (Phi) is 3.54. The summed E-state index contributed by atoms with van der Waals surface area (Å²) in [6, 6.07) is 1.87. The quantitative estimate of drug-likeness (QED) is 0.886. The molecule has 0 amide bonds. The van der Waals surface area contributed by atoms with Crippen molar-refractivity contribution in [3.63, 3.8) is 0 Å². The zero-order valence-corrected chi connectivity index (χ0v) is 9.50. The molecule has 0 bridgehead atoms. The molecule has 0 atom stereocenters. The van der Waals surface area contributed by atoms with Crippen LogP contribution >= 0.6 is 15.9 Å². The molecule has 0 saturated heterocycles. The standard InChI is InChI=1S/C9H14BrN3/c1-3-4-13(2)8-5-9(11)12-6-7(8)10/h5-6H,3-4H2,1-2H3,(H2,11,12). The van der Waals surface area contributed by atoms with Gasteiger partial charge in [-0.2, -0.15) is 0 Å². The summed E-state index contributed by atoms with van der Waals surface area (Å²) in [4.78, 5) is 6.14. The van der Waals surface area contributed by atoms with Gasteiger partial charge in [0.1, 0.15) is 5.82 Å². The van der Waals surface area contributed by atoms with E-state index in [4.69, 9.17) is 5.73 Å². The van der Waals surface area contributed by atoms with Gasteiger partial charge in [0.25, 0.3) is 0 Å². The number of anilines is 2.